The molecule has 9 heavy (non-hydrogen) atoms. The van der Waals surface area contributed by atoms with Crippen molar-refractivity contribution < 1.29 is 9.08 Å². The van der Waals surface area contributed by atoms with Gasteiger partial charge in [0.05, 0.1) is 0 Å². The fraction of sp³-hybridized carbons (Fsp3) is 0.800. The molecule has 0 aliphatic heterocycles. The van der Waals surface area contributed by atoms with Gasteiger partial charge in [-0.1, -0.05) is 29.3 Å². The number of alkyl halides is 1. The number of carbonyl (C=O) groups excluding carboxylic acids is 1. The second-order valence-corrected chi connectivity index (χ2v) is 2.91. The monoisotopic (exact) mass is 214 g/mol. The van der Waals surface area contributed by atoms with E-state index in [-0.39, 0.29) is 4.83 Å². The Kier molecular flexibility index (Phi) is 5.19. The van der Waals surface area contributed by atoms with Crippen molar-refractivity contribution in [2.75, 3.05) is 0 Å². The highest BCUT2D eigenvalue weighted by Gasteiger charge is 2.13. The smallest absolute Gasteiger partial charge is 0.338 e. The minimum absolute atomic E-state index is 0.250. The van der Waals surface area contributed by atoms with Crippen LogP contribution in [0.3, 0.4) is 0 Å². The van der Waals surface area contributed by atoms with Crippen molar-refractivity contribution >= 4 is 33.8 Å². The normalized spacial score (nSPS) is 12.8. The molecule has 0 saturated heterocycles. The van der Waals surface area contributed by atoms with Gasteiger partial charge in [-0.3, -0.25) is 0 Å². The SMILES string of the molecule is CCCC(Br)C(=O)OCl. The standard InChI is InChI=1S/C5H8BrClO2/c1-2-3-4(6)5(8)9-7/h4H,2-3H2,1H3. The Morgan fingerprint density at radius 1 is 1.89 bits per heavy atom. The summed E-state index contributed by atoms with van der Waals surface area (Å²) < 4.78 is 3.95. The molecule has 0 rings (SSSR count). The lowest BCUT2D eigenvalue weighted by atomic mass is 10.2. The van der Waals surface area contributed by atoms with Crippen molar-refractivity contribution in [3.8, 4) is 0 Å². The Morgan fingerprint density at radius 3 is 2.78 bits per heavy atom. The van der Waals surface area contributed by atoms with Crippen LogP contribution < -0.4 is 0 Å². The summed E-state index contributed by atoms with van der Waals surface area (Å²) in [5.74, 6) is -0.418. The fourth-order valence-corrected chi connectivity index (χ4v) is 1.19. The topological polar surface area (TPSA) is 26.3 Å². The molecule has 0 saturated carbocycles. The first-order valence-corrected chi connectivity index (χ1v) is 3.91. The van der Waals surface area contributed by atoms with Crippen LogP contribution in [0.2, 0.25) is 0 Å². The van der Waals surface area contributed by atoms with Gasteiger partial charge in [-0.15, -0.1) is 0 Å². The highest BCUT2D eigenvalue weighted by Crippen LogP contribution is 2.09. The molecular formula is C5H8BrClO2. The number of halogens is 2. The fourth-order valence-electron chi connectivity index (χ4n) is 0.420. The highest BCUT2D eigenvalue weighted by atomic mass is 79.9. The highest BCUT2D eigenvalue weighted by molar-refractivity contribution is 9.10. The molecule has 0 aromatic rings. The molecule has 0 aliphatic rings. The molecule has 0 aromatic carbocycles. The summed E-state index contributed by atoms with van der Waals surface area (Å²) in [5.41, 5.74) is 0. The van der Waals surface area contributed by atoms with Gasteiger partial charge in [-0.05, 0) is 6.42 Å². The third kappa shape index (κ3) is 3.76. The van der Waals surface area contributed by atoms with Crippen LogP contribution in [0.4, 0.5) is 0 Å². The summed E-state index contributed by atoms with van der Waals surface area (Å²) >= 11 is 7.91. The quantitative estimate of drug-likeness (QED) is 0.675. The summed E-state index contributed by atoms with van der Waals surface area (Å²) in [6.45, 7) is 1.98. The molecule has 1 atom stereocenters. The summed E-state index contributed by atoms with van der Waals surface area (Å²) in [5, 5.41) is 0. The van der Waals surface area contributed by atoms with E-state index < -0.39 is 5.97 Å². The maximum atomic E-state index is 10.5. The number of hydrogen-bond acceptors (Lipinski definition) is 2. The van der Waals surface area contributed by atoms with Crippen LogP contribution in [0.1, 0.15) is 19.8 Å². The molecular weight excluding hydrogens is 207 g/mol. The molecule has 0 heterocycles. The average molecular weight is 215 g/mol. The largest absolute Gasteiger partial charge is 0.346 e. The minimum atomic E-state index is -0.418. The van der Waals surface area contributed by atoms with Gasteiger partial charge in [0.25, 0.3) is 0 Å². The molecule has 4 heteroatoms. The molecule has 0 spiro atoms. The predicted molar refractivity (Wildman–Crippen MR) is 39.6 cm³/mol. The summed E-state index contributed by atoms with van der Waals surface area (Å²) in [6.07, 6.45) is 1.69. The maximum absolute atomic E-state index is 10.5. The van der Waals surface area contributed by atoms with Crippen LogP contribution in [0, 0.1) is 0 Å². The lowest BCUT2D eigenvalue weighted by Gasteiger charge is -2.00. The summed E-state index contributed by atoms with van der Waals surface area (Å²) in [7, 11) is 0. The second-order valence-electron chi connectivity index (χ2n) is 1.65. The molecule has 0 aromatic heterocycles. The second kappa shape index (κ2) is 5.06. The van der Waals surface area contributed by atoms with Gasteiger partial charge in [0.1, 0.15) is 16.7 Å². The molecule has 0 fully saturated rings. The first-order chi connectivity index (χ1) is 4.22. The van der Waals surface area contributed by atoms with Gasteiger partial charge >= 0.3 is 5.97 Å². The zero-order valence-corrected chi connectivity index (χ0v) is 7.41. The van der Waals surface area contributed by atoms with Crippen molar-refractivity contribution in [3.63, 3.8) is 0 Å². The minimum Gasteiger partial charge on any atom is -0.346 e. The van der Waals surface area contributed by atoms with E-state index in [2.05, 4.69) is 20.2 Å². The molecule has 0 amide bonds. The van der Waals surface area contributed by atoms with Gasteiger partial charge < -0.3 is 4.29 Å². The van der Waals surface area contributed by atoms with E-state index in [0.717, 1.165) is 12.8 Å². The Labute approximate surface area is 67.8 Å². The molecule has 0 N–H and O–H groups in total. The molecule has 2 nitrogen and oxygen atoms in total. The van der Waals surface area contributed by atoms with Crippen LogP contribution in [0.25, 0.3) is 0 Å². The van der Waals surface area contributed by atoms with Crippen LogP contribution in [0.5, 0.6) is 0 Å². The third-order valence-corrected chi connectivity index (χ3v) is 1.86. The zero-order valence-electron chi connectivity index (χ0n) is 5.06. The van der Waals surface area contributed by atoms with Crippen molar-refractivity contribution in [2.45, 2.75) is 24.6 Å². The lowest BCUT2D eigenvalue weighted by Crippen LogP contribution is -2.12. The molecule has 0 aliphatic carbocycles. The Bertz CT molecular complexity index is 97.0. The molecule has 54 valence electrons. The van der Waals surface area contributed by atoms with Crippen LogP contribution in [-0.2, 0) is 9.08 Å². The van der Waals surface area contributed by atoms with Gasteiger partial charge in [0.2, 0.25) is 0 Å². The van der Waals surface area contributed by atoms with Gasteiger partial charge in [0, 0.05) is 0 Å². The van der Waals surface area contributed by atoms with E-state index in [1.165, 1.54) is 0 Å². The van der Waals surface area contributed by atoms with E-state index in [4.69, 9.17) is 11.9 Å². The number of hydrogen-bond donors (Lipinski definition) is 0. The van der Waals surface area contributed by atoms with E-state index in [1.54, 1.807) is 0 Å². The summed E-state index contributed by atoms with van der Waals surface area (Å²) in [6, 6.07) is 0. The van der Waals surface area contributed by atoms with Crippen LogP contribution in [0.15, 0.2) is 0 Å². The van der Waals surface area contributed by atoms with Crippen molar-refractivity contribution in [1.29, 1.82) is 0 Å². The Morgan fingerprint density at radius 2 is 2.44 bits per heavy atom. The van der Waals surface area contributed by atoms with Gasteiger partial charge in [-0.25, -0.2) is 4.79 Å². The van der Waals surface area contributed by atoms with E-state index >= 15 is 0 Å². The maximum Gasteiger partial charge on any atom is 0.338 e. The number of carbonyl (C=O) groups is 1. The van der Waals surface area contributed by atoms with Crippen molar-refractivity contribution in [1.82, 2.24) is 0 Å². The predicted octanol–water partition coefficient (Wildman–Crippen LogP) is 2.25. The van der Waals surface area contributed by atoms with E-state index in [1.807, 2.05) is 6.92 Å². The number of rotatable bonds is 3. The zero-order chi connectivity index (χ0) is 7.28. The first kappa shape index (κ1) is 9.24. The van der Waals surface area contributed by atoms with E-state index in [9.17, 15) is 4.79 Å². The Hall–Kier alpha value is 0.240. The van der Waals surface area contributed by atoms with Crippen LogP contribution in [-0.4, -0.2) is 10.8 Å². The van der Waals surface area contributed by atoms with Crippen molar-refractivity contribution in [2.24, 2.45) is 0 Å². The lowest BCUT2D eigenvalue weighted by molar-refractivity contribution is -0.133. The van der Waals surface area contributed by atoms with Gasteiger partial charge in [-0.2, -0.15) is 0 Å². The van der Waals surface area contributed by atoms with Crippen LogP contribution >= 0.6 is 27.8 Å². The average Bonchev–Trinajstić information content (AvgIpc) is 1.87. The first-order valence-electron chi connectivity index (χ1n) is 2.68. The van der Waals surface area contributed by atoms with E-state index in [0.29, 0.717) is 0 Å². The van der Waals surface area contributed by atoms with Crippen molar-refractivity contribution in [3.05, 3.63) is 0 Å². The third-order valence-electron chi connectivity index (χ3n) is 0.874. The Balaban J connectivity index is 3.45. The molecule has 1 unspecified atom stereocenters. The molecule has 0 bridgehead atoms. The summed E-state index contributed by atoms with van der Waals surface area (Å²) in [4.78, 5) is 10.3. The molecule has 0 radical (unpaired) electrons. The van der Waals surface area contributed by atoms with Gasteiger partial charge in [0.15, 0.2) is 0 Å².